The Bertz CT molecular complexity index is 544. The van der Waals surface area contributed by atoms with E-state index < -0.39 is 0 Å². The van der Waals surface area contributed by atoms with Crippen molar-refractivity contribution in [1.82, 2.24) is 5.32 Å². The van der Waals surface area contributed by atoms with Crippen LogP contribution >= 0.6 is 22.7 Å². The highest BCUT2D eigenvalue weighted by atomic mass is 32.1. The fourth-order valence-electron chi connectivity index (χ4n) is 2.84. The van der Waals surface area contributed by atoms with E-state index >= 15 is 0 Å². The number of nitrogens with one attached hydrogen (secondary N) is 1. The van der Waals surface area contributed by atoms with E-state index in [4.69, 9.17) is 0 Å². The van der Waals surface area contributed by atoms with E-state index in [1.165, 1.54) is 39.5 Å². The highest BCUT2D eigenvalue weighted by molar-refractivity contribution is 7.13. The summed E-state index contributed by atoms with van der Waals surface area (Å²) in [5.41, 5.74) is 3.02. The maximum atomic E-state index is 3.50. The monoisotopic (exact) mass is 277 g/mol. The molecule has 1 nitrogen and oxygen atoms in total. The molecule has 0 aromatic carbocycles. The van der Waals surface area contributed by atoms with Gasteiger partial charge in [-0.2, -0.15) is 0 Å². The van der Waals surface area contributed by atoms with Gasteiger partial charge in [0.05, 0.1) is 6.04 Å². The predicted octanol–water partition coefficient (Wildman–Crippen LogP) is 4.22. The Morgan fingerprint density at radius 1 is 1.17 bits per heavy atom. The fraction of sp³-hybridized carbons (Fsp3) is 0.467. The number of thiophene rings is 2. The summed E-state index contributed by atoms with van der Waals surface area (Å²) in [6.07, 6.45) is 3.92. The number of fused-ring (bicyclic) bond motifs is 1. The standard InChI is InChI=1S/C15H19NS2/c1-9-7-10(2)17-15(9)14(16-3)13-8-11-5-4-6-12(11)18-13/h7-8,14,16H,4-6H2,1-3H3. The van der Waals surface area contributed by atoms with Gasteiger partial charge in [0.25, 0.3) is 0 Å². The lowest BCUT2D eigenvalue weighted by Crippen LogP contribution is -2.16. The first-order chi connectivity index (χ1) is 8.69. The molecule has 0 amide bonds. The normalized spacial score (nSPS) is 15.9. The summed E-state index contributed by atoms with van der Waals surface area (Å²) >= 11 is 3.94. The number of hydrogen-bond acceptors (Lipinski definition) is 3. The molecule has 1 aliphatic rings. The van der Waals surface area contributed by atoms with Crippen LogP contribution in [0.5, 0.6) is 0 Å². The molecule has 1 N–H and O–H groups in total. The molecule has 96 valence electrons. The Hall–Kier alpha value is -0.640. The minimum Gasteiger partial charge on any atom is -0.308 e. The van der Waals surface area contributed by atoms with Crippen LogP contribution in [0.15, 0.2) is 12.1 Å². The van der Waals surface area contributed by atoms with E-state index in [1.807, 2.05) is 22.7 Å². The summed E-state index contributed by atoms with van der Waals surface area (Å²) in [6.45, 7) is 4.42. The first kappa shape index (κ1) is 12.4. The first-order valence-electron chi connectivity index (χ1n) is 6.54. The molecule has 18 heavy (non-hydrogen) atoms. The molecule has 2 heterocycles. The highest BCUT2D eigenvalue weighted by Crippen LogP contribution is 2.38. The third-order valence-electron chi connectivity index (χ3n) is 3.68. The van der Waals surface area contributed by atoms with Gasteiger partial charge >= 0.3 is 0 Å². The van der Waals surface area contributed by atoms with Gasteiger partial charge in [0.15, 0.2) is 0 Å². The fourth-order valence-corrected chi connectivity index (χ4v) is 5.46. The minimum atomic E-state index is 0.388. The van der Waals surface area contributed by atoms with Gasteiger partial charge in [0.1, 0.15) is 0 Å². The predicted molar refractivity (Wildman–Crippen MR) is 81.0 cm³/mol. The Morgan fingerprint density at radius 3 is 2.61 bits per heavy atom. The molecule has 1 atom stereocenters. The van der Waals surface area contributed by atoms with Gasteiger partial charge < -0.3 is 5.32 Å². The SMILES string of the molecule is CNC(c1cc2c(s1)CCC2)c1sc(C)cc1C. The van der Waals surface area contributed by atoms with Crippen LogP contribution in [0.3, 0.4) is 0 Å². The van der Waals surface area contributed by atoms with Gasteiger partial charge in [-0.15, -0.1) is 22.7 Å². The van der Waals surface area contributed by atoms with Crippen LogP contribution in [0.1, 0.15) is 43.1 Å². The molecule has 0 aliphatic heterocycles. The van der Waals surface area contributed by atoms with Crippen LogP contribution in [0, 0.1) is 13.8 Å². The Labute approximate surface area is 117 Å². The molecule has 0 saturated heterocycles. The van der Waals surface area contributed by atoms with Crippen molar-refractivity contribution in [2.75, 3.05) is 7.05 Å². The topological polar surface area (TPSA) is 12.0 Å². The number of rotatable bonds is 3. The van der Waals surface area contributed by atoms with E-state index in [-0.39, 0.29) is 0 Å². The van der Waals surface area contributed by atoms with Crippen molar-refractivity contribution < 1.29 is 0 Å². The summed E-state index contributed by atoms with van der Waals surface area (Å²) in [6, 6.07) is 5.12. The van der Waals surface area contributed by atoms with Crippen molar-refractivity contribution in [3.8, 4) is 0 Å². The number of hydrogen-bond donors (Lipinski definition) is 1. The van der Waals surface area contributed by atoms with Crippen molar-refractivity contribution >= 4 is 22.7 Å². The molecule has 0 saturated carbocycles. The van der Waals surface area contributed by atoms with E-state index in [2.05, 4.69) is 38.3 Å². The summed E-state index contributed by atoms with van der Waals surface area (Å²) in [5.74, 6) is 0. The van der Waals surface area contributed by atoms with Crippen LogP contribution in [0.4, 0.5) is 0 Å². The summed E-state index contributed by atoms with van der Waals surface area (Å²) in [4.78, 5) is 6.00. The molecule has 0 bridgehead atoms. The van der Waals surface area contributed by atoms with E-state index in [0.717, 1.165) is 0 Å². The molecule has 2 aromatic rings. The molecule has 1 unspecified atom stereocenters. The quantitative estimate of drug-likeness (QED) is 0.885. The summed E-state index contributed by atoms with van der Waals surface area (Å²) in [7, 11) is 2.07. The Morgan fingerprint density at radius 2 is 2.00 bits per heavy atom. The lowest BCUT2D eigenvalue weighted by atomic mass is 10.1. The molecule has 0 fully saturated rings. The van der Waals surface area contributed by atoms with Gasteiger partial charge in [-0.05, 0) is 63.4 Å². The van der Waals surface area contributed by atoms with Gasteiger partial charge in [-0.1, -0.05) is 0 Å². The molecule has 2 aromatic heterocycles. The zero-order valence-corrected chi connectivity index (χ0v) is 12.8. The zero-order chi connectivity index (χ0) is 12.7. The van der Waals surface area contributed by atoms with Crippen molar-refractivity contribution in [3.63, 3.8) is 0 Å². The van der Waals surface area contributed by atoms with Crippen molar-refractivity contribution in [2.45, 2.75) is 39.2 Å². The van der Waals surface area contributed by atoms with Gasteiger partial charge in [0.2, 0.25) is 0 Å². The second kappa shape index (κ2) is 4.80. The Balaban J connectivity index is 1.99. The maximum Gasteiger partial charge on any atom is 0.0765 e. The second-order valence-electron chi connectivity index (χ2n) is 5.08. The van der Waals surface area contributed by atoms with Crippen LogP contribution in [0.25, 0.3) is 0 Å². The van der Waals surface area contributed by atoms with Crippen molar-refractivity contribution in [2.24, 2.45) is 0 Å². The summed E-state index contributed by atoms with van der Waals surface area (Å²) < 4.78 is 0. The third kappa shape index (κ3) is 2.04. The van der Waals surface area contributed by atoms with E-state index in [1.54, 1.807) is 10.4 Å². The van der Waals surface area contributed by atoms with Gasteiger partial charge in [-0.3, -0.25) is 0 Å². The molecular formula is C15H19NS2. The van der Waals surface area contributed by atoms with Crippen LogP contribution in [0.2, 0.25) is 0 Å². The molecule has 3 rings (SSSR count). The summed E-state index contributed by atoms with van der Waals surface area (Å²) in [5, 5.41) is 3.50. The second-order valence-corrected chi connectivity index (χ2v) is 7.53. The Kier molecular flexibility index (Phi) is 3.31. The molecule has 3 heteroatoms. The lowest BCUT2D eigenvalue weighted by molar-refractivity contribution is 0.711. The van der Waals surface area contributed by atoms with Gasteiger partial charge in [-0.25, -0.2) is 0 Å². The van der Waals surface area contributed by atoms with Crippen LogP contribution < -0.4 is 5.32 Å². The largest absolute Gasteiger partial charge is 0.308 e. The van der Waals surface area contributed by atoms with Crippen molar-refractivity contribution in [1.29, 1.82) is 0 Å². The third-order valence-corrected chi connectivity index (χ3v) is 6.20. The van der Waals surface area contributed by atoms with Crippen molar-refractivity contribution in [3.05, 3.63) is 42.8 Å². The molecule has 0 radical (unpaired) electrons. The minimum absolute atomic E-state index is 0.388. The number of aryl methyl sites for hydroxylation is 4. The van der Waals surface area contributed by atoms with Crippen LogP contribution in [-0.4, -0.2) is 7.05 Å². The smallest absolute Gasteiger partial charge is 0.0765 e. The van der Waals surface area contributed by atoms with Gasteiger partial charge in [0, 0.05) is 19.5 Å². The molecule has 0 spiro atoms. The average Bonchev–Trinajstić information content (AvgIpc) is 2.95. The van der Waals surface area contributed by atoms with E-state index in [0.29, 0.717) is 6.04 Å². The molecular weight excluding hydrogens is 258 g/mol. The molecule has 1 aliphatic carbocycles. The lowest BCUT2D eigenvalue weighted by Gasteiger charge is -2.14. The maximum absolute atomic E-state index is 3.50. The van der Waals surface area contributed by atoms with Crippen LogP contribution in [-0.2, 0) is 12.8 Å². The average molecular weight is 277 g/mol. The zero-order valence-electron chi connectivity index (χ0n) is 11.2. The van der Waals surface area contributed by atoms with E-state index in [9.17, 15) is 0 Å². The highest BCUT2D eigenvalue weighted by Gasteiger charge is 2.22. The first-order valence-corrected chi connectivity index (χ1v) is 8.18.